The van der Waals surface area contributed by atoms with E-state index in [1.165, 1.54) is 23.5 Å². The fraction of sp³-hybridized carbons (Fsp3) is 0.273. The molecule has 156 valence electrons. The standard InChI is InChI=1S/C22H21FN2O3S2/c1-4-11-25-19-14-15(2)13-16(3)21(19)29-22(25)24-20(26)6-5-12-30(27,28)18-9-7-17(23)8-10-18/h1,7-10,13-14H,5-6,11-12H2,2-3H3. The second-order valence-corrected chi connectivity index (χ2v) is 10.1. The van der Waals surface area contributed by atoms with Crippen LogP contribution in [-0.4, -0.2) is 24.6 Å². The van der Waals surface area contributed by atoms with Crippen LogP contribution in [0.25, 0.3) is 10.2 Å². The molecule has 8 heteroatoms. The molecule has 0 aliphatic rings. The number of amides is 1. The van der Waals surface area contributed by atoms with Crippen molar-refractivity contribution < 1.29 is 17.6 Å². The number of carbonyl (C=O) groups excluding carboxylic acids is 1. The largest absolute Gasteiger partial charge is 0.305 e. The van der Waals surface area contributed by atoms with Crippen LogP contribution in [0.3, 0.4) is 0 Å². The summed E-state index contributed by atoms with van der Waals surface area (Å²) in [5.74, 6) is 1.47. The van der Waals surface area contributed by atoms with E-state index in [1.807, 2.05) is 24.5 Å². The van der Waals surface area contributed by atoms with Gasteiger partial charge in [-0.1, -0.05) is 23.3 Å². The van der Waals surface area contributed by atoms with Crippen molar-refractivity contribution in [3.8, 4) is 12.3 Å². The molecule has 1 aromatic heterocycles. The van der Waals surface area contributed by atoms with Gasteiger partial charge in [-0.25, -0.2) is 12.8 Å². The average Bonchev–Trinajstić information content (AvgIpc) is 3.00. The van der Waals surface area contributed by atoms with Gasteiger partial charge in [-0.15, -0.1) is 6.42 Å². The van der Waals surface area contributed by atoms with Crippen LogP contribution in [0.4, 0.5) is 4.39 Å². The molecule has 0 aliphatic heterocycles. The molecule has 5 nitrogen and oxygen atoms in total. The summed E-state index contributed by atoms with van der Waals surface area (Å²) in [5.41, 5.74) is 3.10. The lowest BCUT2D eigenvalue weighted by Gasteiger charge is -2.04. The van der Waals surface area contributed by atoms with Crippen molar-refractivity contribution in [1.82, 2.24) is 4.57 Å². The smallest absolute Gasteiger partial charge is 0.248 e. The number of benzene rings is 2. The van der Waals surface area contributed by atoms with Gasteiger partial charge in [0.05, 0.1) is 27.4 Å². The van der Waals surface area contributed by atoms with Crippen LogP contribution in [-0.2, 0) is 21.2 Å². The van der Waals surface area contributed by atoms with Gasteiger partial charge in [0.25, 0.3) is 0 Å². The van der Waals surface area contributed by atoms with Gasteiger partial charge in [0, 0.05) is 6.42 Å². The second kappa shape index (κ2) is 8.94. The molecule has 30 heavy (non-hydrogen) atoms. The van der Waals surface area contributed by atoms with Gasteiger partial charge in [-0.05, 0) is 61.7 Å². The molecule has 0 fully saturated rings. The molecule has 0 bridgehead atoms. The number of terminal acetylenes is 1. The third-order valence-electron chi connectivity index (χ3n) is 4.56. The quantitative estimate of drug-likeness (QED) is 0.429. The maximum absolute atomic E-state index is 13.0. The minimum Gasteiger partial charge on any atom is -0.305 e. The van der Waals surface area contributed by atoms with Crippen molar-refractivity contribution >= 4 is 37.3 Å². The Morgan fingerprint density at radius 2 is 1.93 bits per heavy atom. The molecule has 3 aromatic rings. The Balaban J connectivity index is 1.79. The van der Waals surface area contributed by atoms with E-state index in [1.54, 1.807) is 0 Å². The lowest BCUT2D eigenvalue weighted by Crippen LogP contribution is -2.17. The number of aromatic nitrogens is 1. The molecular weight excluding hydrogens is 423 g/mol. The van der Waals surface area contributed by atoms with E-state index in [0.29, 0.717) is 4.80 Å². The van der Waals surface area contributed by atoms with Gasteiger partial charge in [-0.2, -0.15) is 4.99 Å². The molecular formula is C22H21FN2O3S2. The topological polar surface area (TPSA) is 68.5 Å². The first-order valence-electron chi connectivity index (χ1n) is 9.31. The predicted octanol–water partition coefficient (Wildman–Crippen LogP) is 3.77. The Hall–Kier alpha value is -2.76. The van der Waals surface area contributed by atoms with Crippen molar-refractivity contribution in [2.45, 2.75) is 38.1 Å². The number of rotatable bonds is 6. The molecule has 0 spiro atoms. The highest BCUT2D eigenvalue weighted by Gasteiger charge is 2.15. The molecule has 0 aliphatic carbocycles. The van der Waals surface area contributed by atoms with Gasteiger partial charge in [-0.3, -0.25) is 4.79 Å². The van der Waals surface area contributed by atoms with Gasteiger partial charge in [0.1, 0.15) is 5.82 Å². The number of thiazole rings is 1. The normalized spacial score (nSPS) is 12.3. The molecule has 2 aromatic carbocycles. The first-order valence-corrected chi connectivity index (χ1v) is 11.8. The van der Waals surface area contributed by atoms with E-state index in [0.717, 1.165) is 33.5 Å². The number of sulfone groups is 1. The molecule has 3 rings (SSSR count). The van der Waals surface area contributed by atoms with E-state index >= 15 is 0 Å². The van der Waals surface area contributed by atoms with Gasteiger partial charge in [0.15, 0.2) is 14.6 Å². The van der Waals surface area contributed by atoms with Crippen LogP contribution in [0.1, 0.15) is 24.0 Å². The zero-order valence-electron chi connectivity index (χ0n) is 16.7. The highest BCUT2D eigenvalue weighted by atomic mass is 32.2. The Labute approximate surface area is 178 Å². The zero-order valence-corrected chi connectivity index (χ0v) is 18.3. The zero-order chi connectivity index (χ0) is 21.9. The molecule has 0 unspecified atom stereocenters. The number of carbonyl (C=O) groups is 1. The molecule has 0 N–H and O–H groups in total. The van der Waals surface area contributed by atoms with Crippen LogP contribution >= 0.6 is 11.3 Å². The third kappa shape index (κ3) is 4.86. The van der Waals surface area contributed by atoms with E-state index in [9.17, 15) is 17.6 Å². The minimum absolute atomic E-state index is 0.0112. The number of halogens is 1. The molecule has 0 radical (unpaired) electrons. The van der Waals surface area contributed by atoms with Crippen LogP contribution in [0.2, 0.25) is 0 Å². The predicted molar refractivity (Wildman–Crippen MR) is 116 cm³/mol. The van der Waals surface area contributed by atoms with E-state index in [4.69, 9.17) is 6.42 Å². The van der Waals surface area contributed by atoms with Crippen LogP contribution in [0.5, 0.6) is 0 Å². The third-order valence-corrected chi connectivity index (χ3v) is 7.61. The summed E-state index contributed by atoms with van der Waals surface area (Å²) in [6, 6.07) is 8.72. The van der Waals surface area contributed by atoms with Gasteiger partial charge in [0.2, 0.25) is 5.91 Å². The molecule has 1 heterocycles. The van der Waals surface area contributed by atoms with Gasteiger partial charge >= 0.3 is 0 Å². The summed E-state index contributed by atoms with van der Waals surface area (Å²) in [5, 5.41) is 0. The fourth-order valence-electron chi connectivity index (χ4n) is 3.18. The molecule has 0 saturated carbocycles. The van der Waals surface area contributed by atoms with Crippen LogP contribution in [0, 0.1) is 32.0 Å². The number of aryl methyl sites for hydroxylation is 2. The summed E-state index contributed by atoms with van der Waals surface area (Å²) in [6.07, 6.45) is 5.61. The van der Waals surface area contributed by atoms with E-state index < -0.39 is 21.6 Å². The highest BCUT2D eigenvalue weighted by molar-refractivity contribution is 7.91. The first-order chi connectivity index (χ1) is 14.2. The van der Waals surface area contributed by atoms with Crippen molar-refractivity contribution in [3.63, 3.8) is 0 Å². The minimum atomic E-state index is -3.58. The van der Waals surface area contributed by atoms with Crippen molar-refractivity contribution in [2.75, 3.05) is 5.75 Å². The van der Waals surface area contributed by atoms with Crippen LogP contribution < -0.4 is 4.80 Å². The summed E-state index contributed by atoms with van der Waals surface area (Å²) in [6.45, 7) is 4.28. The maximum atomic E-state index is 13.0. The molecule has 1 amide bonds. The number of fused-ring (bicyclic) bond motifs is 1. The van der Waals surface area contributed by atoms with Crippen LogP contribution in [0.15, 0.2) is 46.3 Å². The number of hydrogen-bond acceptors (Lipinski definition) is 4. The summed E-state index contributed by atoms with van der Waals surface area (Å²) in [7, 11) is -3.58. The van der Waals surface area contributed by atoms with Crippen molar-refractivity contribution in [3.05, 3.63) is 58.1 Å². The lowest BCUT2D eigenvalue weighted by molar-refractivity contribution is -0.118. The Morgan fingerprint density at radius 3 is 2.60 bits per heavy atom. The Morgan fingerprint density at radius 1 is 1.23 bits per heavy atom. The Bertz CT molecular complexity index is 1310. The van der Waals surface area contributed by atoms with Crippen molar-refractivity contribution in [1.29, 1.82) is 0 Å². The number of hydrogen-bond donors (Lipinski definition) is 0. The Kier molecular flexibility index (Phi) is 6.54. The number of nitrogens with zero attached hydrogens (tertiary/aromatic N) is 2. The average molecular weight is 445 g/mol. The van der Waals surface area contributed by atoms with Gasteiger partial charge < -0.3 is 4.57 Å². The molecule has 0 atom stereocenters. The monoisotopic (exact) mass is 444 g/mol. The lowest BCUT2D eigenvalue weighted by atomic mass is 10.1. The van der Waals surface area contributed by atoms with E-state index in [2.05, 4.69) is 17.0 Å². The highest BCUT2D eigenvalue weighted by Crippen LogP contribution is 2.23. The summed E-state index contributed by atoms with van der Waals surface area (Å²) < 4.78 is 40.5. The van der Waals surface area contributed by atoms with Crippen molar-refractivity contribution in [2.24, 2.45) is 4.99 Å². The first kappa shape index (κ1) is 21.9. The second-order valence-electron chi connectivity index (χ2n) is 6.99. The maximum Gasteiger partial charge on any atom is 0.248 e. The van der Waals surface area contributed by atoms with E-state index in [-0.39, 0.29) is 30.0 Å². The fourth-order valence-corrected chi connectivity index (χ4v) is 5.59. The SMILES string of the molecule is C#CCn1c(=NC(=O)CCCS(=O)(=O)c2ccc(F)cc2)sc2c(C)cc(C)cc21. The molecule has 0 saturated heterocycles. The summed E-state index contributed by atoms with van der Waals surface area (Å²) >= 11 is 1.39. The summed E-state index contributed by atoms with van der Waals surface area (Å²) in [4.78, 5) is 17.1.